The number of carbonyl (C=O) groups is 1. The fourth-order valence-electron chi connectivity index (χ4n) is 2.73. The molecule has 0 unspecified atom stereocenters. The molecule has 0 aliphatic heterocycles. The van der Waals surface area contributed by atoms with Crippen LogP contribution in [0.25, 0.3) is 0 Å². The number of carbonyl (C=O) groups excluding carboxylic acids is 1. The Balaban J connectivity index is 1.49. The Kier molecular flexibility index (Phi) is 6.89. The normalized spacial score (nSPS) is 10.7. The number of nitrogens with zero attached hydrogens (tertiary/aromatic N) is 2. The number of nitro groups is 1. The van der Waals surface area contributed by atoms with E-state index in [1.165, 1.54) is 17.8 Å². The summed E-state index contributed by atoms with van der Waals surface area (Å²) in [4.78, 5) is 22.5. The van der Waals surface area contributed by atoms with Crippen LogP contribution in [0.5, 0.6) is 5.75 Å². The molecule has 3 rings (SSSR count). The molecule has 0 aliphatic rings. The van der Waals surface area contributed by atoms with E-state index >= 15 is 0 Å². The number of rotatable bonds is 8. The van der Waals surface area contributed by atoms with Gasteiger partial charge in [0.25, 0.3) is 5.69 Å². The molecule has 3 aromatic carbocycles. The molecular formula is C23H21N3O4. The molecule has 0 atom stereocenters. The van der Waals surface area contributed by atoms with Crippen molar-refractivity contribution in [2.24, 2.45) is 5.10 Å². The number of benzene rings is 3. The summed E-state index contributed by atoms with van der Waals surface area (Å²) < 4.78 is 5.76. The van der Waals surface area contributed by atoms with Crippen LogP contribution < -0.4 is 10.2 Å². The van der Waals surface area contributed by atoms with Crippen LogP contribution in [0.3, 0.4) is 0 Å². The second kappa shape index (κ2) is 9.97. The monoisotopic (exact) mass is 403 g/mol. The second-order valence-electron chi connectivity index (χ2n) is 6.70. The van der Waals surface area contributed by atoms with Gasteiger partial charge in [0.05, 0.1) is 17.6 Å². The molecule has 30 heavy (non-hydrogen) atoms. The van der Waals surface area contributed by atoms with Gasteiger partial charge in [0.1, 0.15) is 12.4 Å². The second-order valence-corrected chi connectivity index (χ2v) is 6.70. The summed E-state index contributed by atoms with van der Waals surface area (Å²) in [5.41, 5.74) is 5.72. The van der Waals surface area contributed by atoms with Crippen LogP contribution in [-0.2, 0) is 17.8 Å². The van der Waals surface area contributed by atoms with E-state index in [0.717, 1.165) is 16.9 Å². The first-order valence-electron chi connectivity index (χ1n) is 9.34. The van der Waals surface area contributed by atoms with Crippen LogP contribution in [0, 0.1) is 17.0 Å². The van der Waals surface area contributed by atoms with Crippen molar-refractivity contribution in [3.05, 3.63) is 105 Å². The lowest BCUT2D eigenvalue weighted by Gasteiger charge is -2.07. The van der Waals surface area contributed by atoms with Gasteiger partial charge in [-0.05, 0) is 42.3 Å². The molecule has 0 bridgehead atoms. The summed E-state index contributed by atoms with van der Waals surface area (Å²) in [6.07, 6.45) is 1.38. The average molecular weight is 403 g/mol. The predicted molar refractivity (Wildman–Crippen MR) is 114 cm³/mol. The number of amides is 1. The van der Waals surface area contributed by atoms with Gasteiger partial charge in [-0.3, -0.25) is 14.9 Å². The molecule has 0 radical (unpaired) electrons. The highest BCUT2D eigenvalue weighted by Crippen LogP contribution is 2.18. The maximum absolute atomic E-state index is 12.0. The van der Waals surface area contributed by atoms with Crippen molar-refractivity contribution in [3.8, 4) is 5.75 Å². The number of aryl methyl sites for hydroxylation is 1. The highest BCUT2D eigenvalue weighted by molar-refractivity contribution is 5.83. The molecule has 0 aliphatic carbocycles. The van der Waals surface area contributed by atoms with Gasteiger partial charge in [0.2, 0.25) is 5.91 Å². The quantitative estimate of drug-likeness (QED) is 0.347. The first kappa shape index (κ1) is 20.7. The fourth-order valence-corrected chi connectivity index (χ4v) is 2.73. The van der Waals surface area contributed by atoms with Crippen molar-refractivity contribution >= 4 is 17.8 Å². The van der Waals surface area contributed by atoms with Crippen LogP contribution in [0.15, 0.2) is 77.9 Å². The topological polar surface area (TPSA) is 93.8 Å². The lowest BCUT2D eigenvalue weighted by Crippen LogP contribution is -2.20. The van der Waals surface area contributed by atoms with Gasteiger partial charge in [-0.15, -0.1) is 0 Å². The number of ether oxygens (including phenoxy) is 1. The van der Waals surface area contributed by atoms with Crippen molar-refractivity contribution in [2.75, 3.05) is 0 Å². The summed E-state index contributed by atoms with van der Waals surface area (Å²) in [6.45, 7) is 2.52. The summed E-state index contributed by atoms with van der Waals surface area (Å²) in [5, 5.41) is 14.9. The average Bonchev–Trinajstić information content (AvgIpc) is 2.74. The third kappa shape index (κ3) is 6.00. The van der Waals surface area contributed by atoms with E-state index in [1.54, 1.807) is 18.2 Å². The molecule has 0 aromatic heterocycles. The summed E-state index contributed by atoms with van der Waals surface area (Å²) >= 11 is 0. The van der Waals surface area contributed by atoms with Crippen LogP contribution in [0.1, 0.15) is 22.3 Å². The van der Waals surface area contributed by atoms with Gasteiger partial charge in [-0.2, -0.15) is 5.10 Å². The highest BCUT2D eigenvalue weighted by atomic mass is 16.6. The maximum Gasteiger partial charge on any atom is 0.273 e. The first-order valence-corrected chi connectivity index (χ1v) is 9.34. The van der Waals surface area contributed by atoms with Gasteiger partial charge < -0.3 is 4.74 Å². The summed E-state index contributed by atoms with van der Waals surface area (Å²) in [5.74, 6) is 0.298. The number of hydrazone groups is 1. The minimum Gasteiger partial charge on any atom is -0.489 e. The molecule has 7 nitrogen and oxygen atoms in total. The van der Waals surface area contributed by atoms with Gasteiger partial charge >= 0.3 is 0 Å². The van der Waals surface area contributed by atoms with Crippen LogP contribution in [0.2, 0.25) is 0 Å². The zero-order chi connectivity index (χ0) is 21.3. The van der Waals surface area contributed by atoms with E-state index in [-0.39, 0.29) is 12.1 Å². The van der Waals surface area contributed by atoms with E-state index < -0.39 is 10.8 Å². The first-order chi connectivity index (χ1) is 14.5. The third-order valence-corrected chi connectivity index (χ3v) is 4.35. The Labute approximate surface area is 174 Å². The van der Waals surface area contributed by atoms with Crippen molar-refractivity contribution in [1.29, 1.82) is 0 Å². The van der Waals surface area contributed by atoms with Crippen molar-refractivity contribution in [2.45, 2.75) is 20.0 Å². The minimum absolute atomic E-state index is 0.0853. The number of hydrogen-bond donors (Lipinski definition) is 1. The predicted octanol–water partition coefficient (Wildman–Crippen LogP) is 4.18. The number of nitro benzene ring substituents is 1. The summed E-state index contributed by atoms with van der Waals surface area (Å²) in [7, 11) is 0. The zero-order valence-electron chi connectivity index (χ0n) is 16.4. The lowest BCUT2D eigenvalue weighted by molar-refractivity contribution is -0.385. The molecule has 0 spiro atoms. The van der Waals surface area contributed by atoms with Crippen molar-refractivity contribution < 1.29 is 14.5 Å². The van der Waals surface area contributed by atoms with Gasteiger partial charge in [-0.25, -0.2) is 5.43 Å². The molecule has 152 valence electrons. The standard InChI is InChI=1S/C23H21N3O4/c1-17-6-8-19(9-7-17)16-30-21-12-10-18(11-13-21)15-24-25-23(27)14-20-4-2-3-5-22(20)26(28)29/h2-13,15H,14,16H2,1H3,(H,25,27)/b24-15+. The van der Waals surface area contributed by atoms with E-state index in [4.69, 9.17) is 4.74 Å². The van der Waals surface area contributed by atoms with Crippen molar-refractivity contribution in [1.82, 2.24) is 5.43 Å². The molecule has 0 saturated carbocycles. The molecule has 0 heterocycles. The summed E-state index contributed by atoms with van der Waals surface area (Å²) in [6, 6.07) is 21.6. The van der Waals surface area contributed by atoms with Crippen LogP contribution in [-0.4, -0.2) is 17.0 Å². The fraction of sp³-hybridized carbons (Fsp3) is 0.130. The van der Waals surface area contributed by atoms with E-state index in [2.05, 4.69) is 10.5 Å². The highest BCUT2D eigenvalue weighted by Gasteiger charge is 2.14. The van der Waals surface area contributed by atoms with E-state index in [1.807, 2.05) is 55.5 Å². The number of hydrogen-bond acceptors (Lipinski definition) is 5. The van der Waals surface area contributed by atoms with Gasteiger partial charge in [0.15, 0.2) is 0 Å². The molecule has 3 aromatic rings. The van der Waals surface area contributed by atoms with Crippen LogP contribution >= 0.6 is 0 Å². The molecule has 1 N–H and O–H groups in total. The largest absolute Gasteiger partial charge is 0.489 e. The lowest BCUT2D eigenvalue weighted by atomic mass is 10.1. The number of nitrogens with one attached hydrogen (secondary N) is 1. The van der Waals surface area contributed by atoms with E-state index in [9.17, 15) is 14.9 Å². The Morgan fingerprint density at radius 3 is 2.47 bits per heavy atom. The molecular weight excluding hydrogens is 382 g/mol. The Bertz CT molecular complexity index is 1040. The zero-order valence-corrected chi connectivity index (χ0v) is 16.4. The Morgan fingerprint density at radius 1 is 1.07 bits per heavy atom. The van der Waals surface area contributed by atoms with Crippen LogP contribution in [0.4, 0.5) is 5.69 Å². The molecule has 0 fully saturated rings. The smallest absolute Gasteiger partial charge is 0.273 e. The Hall–Kier alpha value is -4.00. The third-order valence-electron chi connectivity index (χ3n) is 4.35. The maximum atomic E-state index is 12.0. The van der Waals surface area contributed by atoms with Crippen molar-refractivity contribution in [3.63, 3.8) is 0 Å². The molecule has 0 saturated heterocycles. The molecule has 7 heteroatoms. The number of para-hydroxylation sites is 1. The van der Waals surface area contributed by atoms with E-state index in [0.29, 0.717) is 12.2 Å². The Morgan fingerprint density at radius 2 is 1.77 bits per heavy atom. The van der Waals surface area contributed by atoms with Gasteiger partial charge in [-0.1, -0.05) is 48.0 Å². The minimum atomic E-state index is -0.506. The molecule has 1 amide bonds. The van der Waals surface area contributed by atoms with Gasteiger partial charge in [0, 0.05) is 11.6 Å². The SMILES string of the molecule is Cc1ccc(COc2ccc(/C=N/NC(=O)Cc3ccccc3[N+](=O)[O-])cc2)cc1.